The van der Waals surface area contributed by atoms with E-state index < -0.39 is 0 Å². The largest absolute Gasteiger partial charge is 0.490 e. The fraction of sp³-hybridized carbons (Fsp3) is 0.562. The lowest BCUT2D eigenvalue weighted by Gasteiger charge is -2.17. The molecule has 0 aliphatic heterocycles. The Morgan fingerprint density at radius 2 is 2.00 bits per heavy atom. The summed E-state index contributed by atoms with van der Waals surface area (Å²) in [5.41, 5.74) is 1.03. The summed E-state index contributed by atoms with van der Waals surface area (Å²) in [4.78, 5) is 11.6. The van der Waals surface area contributed by atoms with E-state index in [0.717, 1.165) is 24.2 Å². The summed E-state index contributed by atoms with van der Waals surface area (Å²) >= 11 is 0. The van der Waals surface area contributed by atoms with Gasteiger partial charge in [-0.2, -0.15) is 0 Å². The summed E-state index contributed by atoms with van der Waals surface area (Å²) in [6.07, 6.45) is 5.11. The third-order valence-electron chi connectivity index (χ3n) is 3.43. The molecule has 0 aromatic heterocycles. The first kappa shape index (κ1) is 14.7. The predicted octanol–water partition coefficient (Wildman–Crippen LogP) is 3.22. The van der Waals surface area contributed by atoms with E-state index in [-0.39, 0.29) is 12.1 Å². The number of amides is 2. The van der Waals surface area contributed by atoms with Gasteiger partial charge in [-0.1, -0.05) is 18.2 Å². The smallest absolute Gasteiger partial charge is 0.315 e. The maximum atomic E-state index is 11.6. The number of benzene rings is 1. The zero-order valence-corrected chi connectivity index (χ0v) is 12.3. The third-order valence-corrected chi connectivity index (χ3v) is 3.43. The fourth-order valence-corrected chi connectivity index (χ4v) is 2.44. The van der Waals surface area contributed by atoms with E-state index in [2.05, 4.69) is 10.6 Å². The Bertz CT molecular complexity index is 440. The van der Waals surface area contributed by atoms with Crippen LogP contribution in [0, 0.1) is 0 Å². The Balaban J connectivity index is 1.91. The van der Waals surface area contributed by atoms with Crippen LogP contribution in [0.25, 0.3) is 0 Å². The van der Waals surface area contributed by atoms with Gasteiger partial charge in [0.1, 0.15) is 5.75 Å². The van der Waals surface area contributed by atoms with Crippen LogP contribution in [-0.2, 0) is 6.54 Å². The van der Waals surface area contributed by atoms with Crippen molar-refractivity contribution in [2.75, 3.05) is 0 Å². The van der Waals surface area contributed by atoms with Gasteiger partial charge < -0.3 is 15.4 Å². The molecule has 2 N–H and O–H groups in total. The Labute approximate surface area is 120 Å². The number of urea groups is 1. The molecule has 0 bridgehead atoms. The monoisotopic (exact) mass is 276 g/mol. The highest BCUT2D eigenvalue weighted by atomic mass is 16.5. The van der Waals surface area contributed by atoms with E-state index in [4.69, 9.17) is 4.74 Å². The number of rotatable bonds is 5. The maximum absolute atomic E-state index is 11.6. The number of ether oxygens (including phenoxy) is 1. The molecule has 0 radical (unpaired) electrons. The standard InChI is InChI=1S/C16H24N2O2/c1-12(2)18-16(19)17-11-13-7-3-6-10-15(13)20-14-8-4-5-9-14/h3,6-7,10,12,14H,4-5,8-9,11H2,1-2H3,(H2,17,18,19). The number of nitrogens with one attached hydrogen (secondary N) is 2. The van der Waals surface area contributed by atoms with Crippen LogP contribution in [0.4, 0.5) is 4.79 Å². The highest BCUT2D eigenvalue weighted by molar-refractivity contribution is 5.74. The molecule has 2 rings (SSSR count). The van der Waals surface area contributed by atoms with E-state index in [9.17, 15) is 4.79 Å². The fourth-order valence-electron chi connectivity index (χ4n) is 2.44. The van der Waals surface area contributed by atoms with Crippen molar-refractivity contribution in [3.63, 3.8) is 0 Å². The summed E-state index contributed by atoms with van der Waals surface area (Å²) < 4.78 is 6.05. The molecule has 0 atom stereocenters. The van der Waals surface area contributed by atoms with Crippen LogP contribution in [0.3, 0.4) is 0 Å². The van der Waals surface area contributed by atoms with Crippen molar-refractivity contribution in [1.82, 2.24) is 10.6 Å². The molecule has 1 aliphatic carbocycles. The third kappa shape index (κ3) is 4.44. The minimum Gasteiger partial charge on any atom is -0.490 e. The zero-order valence-electron chi connectivity index (χ0n) is 12.3. The summed E-state index contributed by atoms with van der Waals surface area (Å²) in [5, 5.41) is 5.68. The van der Waals surface area contributed by atoms with Crippen LogP contribution in [0.2, 0.25) is 0 Å². The highest BCUT2D eigenvalue weighted by Gasteiger charge is 2.17. The lowest BCUT2D eigenvalue weighted by molar-refractivity contribution is 0.207. The number of carbonyl (C=O) groups is 1. The van der Waals surface area contributed by atoms with Gasteiger partial charge in [0.25, 0.3) is 0 Å². The van der Waals surface area contributed by atoms with Crippen molar-refractivity contribution in [1.29, 1.82) is 0 Å². The van der Waals surface area contributed by atoms with E-state index in [1.165, 1.54) is 12.8 Å². The van der Waals surface area contributed by atoms with Gasteiger partial charge in [-0.05, 0) is 45.6 Å². The molecule has 1 aliphatic rings. The second-order valence-corrected chi connectivity index (χ2v) is 5.61. The Morgan fingerprint density at radius 1 is 1.30 bits per heavy atom. The molecule has 0 spiro atoms. The molecule has 2 amide bonds. The maximum Gasteiger partial charge on any atom is 0.315 e. The van der Waals surface area contributed by atoms with Gasteiger partial charge >= 0.3 is 6.03 Å². The van der Waals surface area contributed by atoms with Crippen molar-refractivity contribution < 1.29 is 9.53 Å². The van der Waals surface area contributed by atoms with Crippen molar-refractivity contribution in [2.45, 2.75) is 58.2 Å². The topological polar surface area (TPSA) is 50.4 Å². The molecule has 110 valence electrons. The first-order valence-corrected chi connectivity index (χ1v) is 7.44. The average Bonchev–Trinajstić information content (AvgIpc) is 2.90. The van der Waals surface area contributed by atoms with E-state index in [1.54, 1.807) is 0 Å². The molecule has 1 fully saturated rings. The summed E-state index contributed by atoms with van der Waals surface area (Å²) in [6.45, 7) is 4.37. The minimum atomic E-state index is -0.143. The highest BCUT2D eigenvalue weighted by Crippen LogP contribution is 2.26. The normalized spacial score (nSPS) is 15.3. The van der Waals surface area contributed by atoms with Crippen molar-refractivity contribution in [3.05, 3.63) is 29.8 Å². The van der Waals surface area contributed by atoms with E-state index in [1.807, 2.05) is 38.1 Å². The van der Waals surface area contributed by atoms with Crippen LogP contribution in [0.5, 0.6) is 5.75 Å². The van der Waals surface area contributed by atoms with Gasteiger partial charge in [-0.25, -0.2) is 4.79 Å². The summed E-state index contributed by atoms with van der Waals surface area (Å²) in [6, 6.07) is 7.92. The van der Waals surface area contributed by atoms with Gasteiger partial charge in [0, 0.05) is 18.2 Å². The molecule has 0 unspecified atom stereocenters. The van der Waals surface area contributed by atoms with Crippen LogP contribution < -0.4 is 15.4 Å². The number of hydrogen-bond donors (Lipinski definition) is 2. The van der Waals surface area contributed by atoms with Crippen molar-refractivity contribution in [3.8, 4) is 5.75 Å². The second-order valence-electron chi connectivity index (χ2n) is 5.61. The van der Waals surface area contributed by atoms with Crippen LogP contribution in [0.15, 0.2) is 24.3 Å². The molecule has 1 aromatic rings. The molecule has 4 heteroatoms. The van der Waals surface area contributed by atoms with Gasteiger partial charge in [0.2, 0.25) is 0 Å². The molecular formula is C16H24N2O2. The van der Waals surface area contributed by atoms with Gasteiger partial charge in [0.15, 0.2) is 0 Å². The first-order valence-electron chi connectivity index (χ1n) is 7.44. The summed E-state index contributed by atoms with van der Waals surface area (Å²) in [7, 11) is 0. The average molecular weight is 276 g/mol. The molecule has 20 heavy (non-hydrogen) atoms. The quantitative estimate of drug-likeness (QED) is 0.867. The number of carbonyl (C=O) groups excluding carboxylic acids is 1. The SMILES string of the molecule is CC(C)NC(=O)NCc1ccccc1OC1CCCC1. The summed E-state index contributed by atoms with van der Waals surface area (Å²) in [5.74, 6) is 0.893. The molecular weight excluding hydrogens is 252 g/mol. The van der Waals surface area contributed by atoms with Crippen molar-refractivity contribution in [2.24, 2.45) is 0 Å². The number of hydrogen-bond acceptors (Lipinski definition) is 2. The Kier molecular flexibility index (Phi) is 5.27. The zero-order chi connectivity index (χ0) is 14.4. The minimum absolute atomic E-state index is 0.139. The van der Waals surface area contributed by atoms with Crippen LogP contribution in [0.1, 0.15) is 45.1 Å². The van der Waals surface area contributed by atoms with Crippen molar-refractivity contribution >= 4 is 6.03 Å². The first-order chi connectivity index (χ1) is 9.65. The second kappa shape index (κ2) is 7.17. The lowest BCUT2D eigenvalue weighted by atomic mass is 10.2. The molecule has 4 nitrogen and oxygen atoms in total. The van der Waals surface area contributed by atoms with Gasteiger partial charge in [-0.15, -0.1) is 0 Å². The predicted molar refractivity (Wildman–Crippen MR) is 79.8 cm³/mol. The lowest BCUT2D eigenvalue weighted by Crippen LogP contribution is -2.39. The number of para-hydroxylation sites is 1. The Morgan fingerprint density at radius 3 is 2.70 bits per heavy atom. The van der Waals surface area contributed by atoms with E-state index in [0.29, 0.717) is 12.6 Å². The Hall–Kier alpha value is -1.71. The van der Waals surface area contributed by atoms with Crippen LogP contribution in [-0.4, -0.2) is 18.2 Å². The van der Waals surface area contributed by atoms with Gasteiger partial charge in [-0.3, -0.25) is 0 Å². The van der Waals surface area contributed by atoms with E-state index >= 15 is 0 Å². The van der Waals surface area contributed by atoms with Gasteiger partial charge in [0.05, 0.1) is 6.10 Å². The molecule has 1 saturated carbocycles. The molecule has 0 saturated heterocycles. The van der Waals surface area contributed by atoms with Crippen LogP contribution >= 0.6 is 0 Å². The molecule has 0 heterocycles. The molecule has 1 aromatic carbocycles.